The Labute approximate surface area is 128 Å². The molecule has 2 aromatic heterocycles. The predicted octanol–water partition coefficient (Wildman–Crippen LogP) is 1.57. The monoisotopic (exact) mass is 307 g/mol. The third kappa shape index (κ3) is 3.14. The number of aryl methyl sites for hydroxylation is 2. The molecule has 7 heteroatoms. The summed E-state index contributed by atoms with van der Waals surface area (Å²) in [6.45, 7) is 6.58. The van der Waals surface area contributed by atoms with Crippen LogP contribution in [-0.2, 0) is 0 Å². The van der Waals surface area contributed by atoms with Crippen molar-refractivity contribution >= 4 is 33.1 Å². The fourth-order valence-corrected chi connectivity index (χ4v) is 3.30. The Balaban J connectivity index is 2.32. The van der Waals surface area contributed by atoms with Crippen molar-refractivity contribution in [2.24, 2.45) is 0 Å². The van der Waals surface area contributed by atoms with Crippen LogP contribution in [0, 0.1) is 13.8 Å². The van der Waals surface area contributed by atoms with Crippen molar-refractivity contribution in [3.63, 3.8) is 0 Å². The summed E-state index contributed by atoms with van der Waals surface area (Å²) in [5.74, 6) is -0.151. The molecule has 1 atom stereocenters. The fourth-order valence-electron chi connectivity index (χ4n) is 2.29. The molecule has 0 aliphatic rings. The molecule has 0 saturated carbocycles. The molecule has 0 spiro atoms. The van der Waals surface area contributed by atoms with Crippen LogP contribution in [0.5, 0.6) is 0 Å². The lowest BCUT2D eigenvalue weighted by molar-refractivity contribution is 0.0939. The second-order valence-electron chi connectivity index (χ2n) is 5.57. The number of carbonyl (C=O) groups is 1. The molecule has 21 heavy (non-hydrogen) atoms. The first-order valence-corrected chi connectivity index (χ1v) is 7.60. The van der Waals surface area contributed by atoms with Gasteiger partial charge in [-0.2, -0.15) is 5.10 Å². The number of likely N-dealkylation sites (N-methyl/N-ethyl adjacent to an activating group) is 1. The number of nitrogens with zero attached hydrogens (tertiary/aromatic N) is 3. The van der Waals surface area contributed by atoms with E-state index in [2.05, 4.69) is 15.5 Å². The van der Waals surface area contributed by atoms with Crippen molar-refractivity contribution in [2.75, 3.05) is 26.4 Å². The van der Waals surface area contributed by atoms with Crippen molar-refractivity contribution in [3.05, 3.63) is 16.1 Å². The van der Waals surface area contributed by atoms with Gasteiger partial charge in [0.2, 0.25) is 0 Å². The normalized spacial score (nSPS) is 12.9. The minimum Gasteiger partial charge on any atom is -0.397 e. The van der Waals surface area contributed by atoms with Crippen LogP contribution >= 0.6 is 11.3 Å². The molecule has 2 heterocycles. The Bertz CT molecular complexity index is 680. The summed E-state index contributed by atoms with van der Waals surface area (Å²) >= 11 is 1.29. The highest BCUT2D eigenvalue weighted by atomic mass is 32.1. The van der Waals surface area contributed by atoms with Gasteiger partial charge < -0.3 is 16.0 Å². The first kappa shape index (κ1) is 15.7. The van der Waals surface area contributed by atoms with Crippen molar-refractivity contribution < 1.29 is 4.79 Å². The number of carbonyl (C=O) groups excluding carboxylic acids is 1. The summed E-state index contributed by atoms with van der Waals surface area (Å²) in [7, 11) is 3.94. The summed E-state index contributed by atoms with van der Waals surface area (Å²) in [6.07, 6.45) is 0. The number of thiophene rings is 1. The van der Waals surface area contributed by atoms with Gasteiger partial charge in [0.25, 0.3) is 5.91 Å². The number of amides is 1. The van der Waals surface area contributed by atoms with Crippen LogP contribution in [0.15, 0.2) is 0 Å². The number of hydrogen-bond acceptors (Lipinski definition) is 6. The molecule has 0 saturated heterocycles. The number of hydrogen-bond donors (Lipinski definition) is 2. The van der Waals surface area contributed by atoms with Crippen molar-refractivity contribution in [3.8, 4) is 0 Å². The van der Waals surface area contributed by atoms with Gasteiger partial charge in [-0.25, -0.2) is 0 Å². The van der Waals surface area contributed by atoms with E-state index in [-0.39, 0.29) is 11.9 Å². The van der Waals surface area contributed by atoms with E-state index in [9.17, 15) is 4.79 Å². The van der Waals surface area contributed by atoms with Gasteiger partial charge in [0.05, 0.1) is 11.4 Å². The SMILES string of the molecule is Cc1nnc2sc(C(=O)NC(C)CN(C)C)c(N)c2c1C. The smallest absolute Gasteiger partial charge is 0.263 e. The molecule has 0 fully saturated rings. The number of nitrogens with one attached hydrogen (secondary N) is 1. The third-order valence-electron chi connectivity index (χ3n) is 3.36. The lowest BCUT2D eigenvalue weighted by atomic mass is 10.1. The molecule has 114 valence electrons. The summed E-state index contributed by atoms with van der Waals surface area (Å²) in [5, 5.41) is 12.0. The molecule has 0 radical (unpaired) electrons. The maximum atomic E-state index is 12.4. The number of nitrogens with two attached hydrogens (primary N) is 1. The topological polar surface area (TPSA) is 84.1 Å². The molecule has 1 amide bonds. The minimum atomic E-state index is -0.151. The average Bonchev–Trinajstić information content (AvgIpc) is 2.71. The zero-order chi connectivity index (χ0) is 15.7. The molecule has 0 aliphatic carbocycles. The van der Waals surface area contributed by atoms with Crippen LogP contribution < -0.4 is 11.1 Å². The van der Waals surface area contributed by atoms with E-state index in [1.807, 2.05) is 39.8 Å². The van der Waals surface area contributed by atoms with E-state index in [0.717, 1.165) is 23.2 Å². The van der Waals surface area contributed by atoms with Gasteiger partial charge in [0.15, 0.2) is 0 Å². The van der Waals surface area contributed by atoms with Crippen LogP contribution in [0.4, 0.5) is 5.69 Å². The van der Waals surface area contributed by atoms with Gasteiger partial charge in [0, 0.05) is 18.0 Å². The largest absolute Gasteiger partial charge is 0.397 e. The van der Waals surface area contributed by atoms with Gasteiger partial charge in [0.1, 0.15) is 9.71 Å². The van der Waals surface area contributed by atoms with E-state index < -0.39 is 0 Å². The Hall–Kier alpha value is -1.73. The number of nitrogen functional groups attached to an aromatic ring is 1. The maximum Gasteiger partial charge on any atom is 0.263 e. The molecule has 0 bridgehead atoms. The van der Waals surface area contributed by atoms with E-state index in [1.54, 1.807) is 0 Å². The number of rotatable bonds is 4. The second kappa shape index (κ2) is 5.95. The molecular formula is C14H21N5OS. The number of aromatic nitrogens is 2. The van der Waals surface area contributed by atoms with Gasteiger partial charge in [-0.05, 0) is 40.4 Å². The Morgan fingerprint density at radius 2 is 2.05 bits per heavy atom. The summed E-state index contributed by atoms with van der Waals surface area (Å²) in [4.78, 5) is 15.6. The van der Waals surface area contributed by atoms with Crippen LogP contribution in [0.25, 0.3) is 10.2 Å². The lowest BCUT2D eigenvalue weighted by Crippen LogP contribution is -2.39. The summed E-state index contributed by atoms with van der Waals surface area (Å²) < 4.78 is 0. The van der Waals surface area contributed by atoms with Crippen molar-refractivity contribution in [2.45, 2.75) is 26.8 Å². The van der Waals surface area contributed by atoms with Gasteiger partial charge in [-0.15, -0.1) is 16.4 Å². The number of anilines is 1. The van der Waals surface area contributed by atoms with Crippen LogP contribution in [0.2, 0.25) is 0 Å². The highest BCUT2D eigenvalue weighted by Crippen LogP contribution is 2.34. The lowest BCUT2D eigenvalue weighted by Gasteiger charge is -2.17. The Morgan fingerprint density at radius 3 is 2.67 bits per heavy atom. The standard InChI is InChI=1S/C14H21N5OS/c1-7(6-19(4)5)16-13(20)12-11(15)10-8(2)9(3)17-18-14(10)21-12/h7H,6,15H2,1-5H3,(H,16,20). The van der Waals surface area contributed by atoms with E-state index >= 15 is 0 Å². The molecule has 2 rings (SSSR count). The predicted molar refractivity (Wildman–Crippen MR) is 86.8 cm³/mol. The molecule has 0 aliphatic heterocycles. The molecule has 6 nitrogen and oxygen atoms in total. The molecule has 3 N–H and O–H groups in total. The second-order valence-corrected chi connectivity index (χ2v) is 6.57. The van der Waals surface area contributed by atoms with Crippen LogP contribution in [0.1, 0.15) is 27.9 Å². The van der Waals surface area contributed by atoms with E-state index in [0.29, 0.717) is 15.4 Å². The first-order chi connectivity index (χ1) is 9.81. The zero-order valence-electron chi connectivity index (χ0n) is 13.0. The van der Waals surface area contributed by atoms with Gasteiger partial charge >= 0.3 is 0 Å². The maximum absolute atomic E-state index is 12.4. The van der Waals surface area contributed by atoms with Crippen molar-refractivity contribution in [1.82, 2.24) is 20.4 Å². The molecular weight excluding hydrogens is 286 g/mol. The van der Waals surface area contributed by atoms with Gasteiger partial charge in [-0.1, -0.05) is 0 Å². The van der Waals surface area contributed by atoms with E-state index in [4.69, 9.17) is 5.73 Å². The fraction of sp³-hybridized carbons (Fsp3) is 0.500. The average molecular weight is 307 g/mol. The Kier molecular flexibility index (Phi) is 4.43. The van der Waals surface area contributed by atoms with Crippen LogP contribution in [-0.4, -0.2) is 47.7 Å². The van der Waals surface area contributed by atoms with Gasteiger partial charge in [-0.3, -0.25) is 4.79 Å². The zero-order valence-corrected chi connectivity index (χ0v) is 13.8. The molecule has 0 aromatic carbocycles. The quantitative estimate of drug-likeness (QED) is 0.895. The Morgan fingerprint density at radius 1 is 1.38 bits per heavy atom. The number of fused-ring (bicyclic) bond motifs is 1. The molecule has 2 aromatic rings. The summed E-state index contributed by atoms with van der Waals surface area (Å²) in [6, 6.07) is 0.0472. The van der Waals surface area contributed by atoms with E-state index in [1.165, 1.54) is 11.3 Å². The first-order valence-electron chi connectivity index (χ1n) is 6.78. The minimum absolute atomic E-state index is 0.0472. The third-order valence-corrected chi connectivity index (χ3v) is 4.45. The van der Waals surface area contributed by atoms with Crippen molar-refractivity contribution in [1.29, 1.82) is 0 Å². The highest BCUT2D eigenvalue weighted by Gasteiger charge is 2.21. The molecule has 1 unspecified atom stereocenters. The highest BCUT2D eigenvalue weighted by molar-refractivity contribution is 7.21. The summed E-state index contributed by atoms with van der Waals surface area (Å²) in [5.41, 5.74) is 8.47. The van der Waals surface area contributed by atoms with Crippen LogP contribution in [0.3, 0.4) is 0 Å².